The van der Waals surface area contributed by atoms with E-state index in [9.17, 15) is 10.1 Å². The smallest absolute Gasteiger partial charge is 0.267 e. The molecule has 0 saturated carbocycles. The van der Waals surface area contributed by atoms with Crippen LogP contribution in [0.1, 0.15) is 5.56 Å². The molecule has 0 aliphatic rings. The van der Waals surface area contributed by atoms with E-state index in [0.717, 1.165) is 16.9 Å². The second kappa shape index (κ2) is 7.84. The molecule has 0 aliphatic carbocycles. The predicted octanol–water partition coefficient (Wildman–Crippen LogP) is 3.52. The van der Waals surface area contributed by atoms with Gasteiger partial charge in [-0.05, 0) is 48.9 Å². The molecule has 0 unspecified atom stereocenters. The largest absolute Gasteiger partial charge is 0.378 e. The second-order valence-corrected chi connectivity index (χ2v) is 5.58. The Balaban J connectivity index is 2.05. The van der Waals surface area contributed by atoms with Gasteiger partial charge in [0, 0.05) is 37.4 Å². The topological polar surface area (TPSA) is 68.2 Å². The fourth-order valence-electron chi connectivity index (χ4n) is 2.08. The maximum absolute atomic E-state index is 12.2. The van der Waals surface area contributed by atoms with Gasteiger partial charge in [0.15, 0.2) is 0 Å². The second-order valence-electron chi connectivity index (χ2n) is 5.58. The van der Waals surface area contributed by atoms with Gasteiger partial charge >= 0.3 is 0 Å². The van der Waals surface area contributed by atoms with Crippen LogP contribution in [0.2, 0.25) is 0 Å². The van der Waals surface area contributed by atoms with E-state index < -0.39 is 5.91 Å². The third kappa shape index (κ3) is 4.62. The van der Waals surface area contributed by atoms with Crippen molar-refractivity contribution in [2.24, 2.45) is 0 Å². The van der Waals surface area contributed by atoms with Crippen LogP contribution < -0.4 is 15.5 Å². The summed E-state index contributed by atoms with van der Waals surface area (Å²) in [6.07, 6.45) is 1.41. The minimum Gasteiger partial charge on any atom is -0.378 e. The average molecular weight is 320 g/mol. The maximum Gasteiger partial charge on any atom is 0.267 e. The quantitative estimate of drug-likeness (QED) is 0.653. The van der Waals surface area contributed by atoms with Gasteiger partial charge in [0.1, 0.15) is 11.6 Å². The van der Waals surface area contributed by atoms with Crippen molar-refractivity contribution in [2.45, 2.75) is 6.92 Å². The summed E-state index contributed by atoms with van der Waals surface area (Å²) in [5, 5.41) is 14.9. The van der Waals surface area contributed by atoms with Gasteiger partial charge in [-0.1, -0.05) is 12.1 Å². The third-order valence-electron chi connectivity index (χ3n) is 3.41. The van der Waals surface area contributed by atoms with Crippen LogP contribution in [0.15, 0.2) is 60.3 Å². The molecule has 0 saturated heterocycles. The molecule has 0 fully saturated rings. The first kappa shape index (κ1) is 17.1. The summed E-state index contributed by atoms with van der Waals surface area (Å²) in [5.74, 6) is -0.444. The lowest BCUT2D eigenvalue weighted by molar-refractivity contribution is -0.112. The summed E-state index contributed by atoms with van der Waals surface area (Å²) in [5.41, 5.74) is 3.58. The Morgan fingerprint density at radius 2 is 1.83 bits per heavy atom. The molecule has 2 N–H and O–H groups in total. The number of amides is 1. The van der Waals surface area contributed by atoms with E-state index in [-0.39, 0.29) is 5.57 Å². The van der Waals surface area contributed by atoms with E-state index in [2.05, 4.69) is 10.6 Å². The monoisotopic (exact) mass is 320 g/mol. The molecule has 122 valence electrons. The van der Waals surface area contributed by atoms with Crippen molar-refractivity contribution in [2.75, 3.05) is 29.6 Å². The fraction of sp³-hybridized carbons (Fsp3) is 0.158. The van der Waals surface area contributed by atoms with Crippen LogP contribution in [0, 0.1) is 18.3 Å². The molecular formula is C19H20N4O. The van der Waals surface area contributed by atoms with Crippen LogP contribution in [0.5, 0.6) is 0 Å². The van der Waals surface area contributed by atoms with Gasteiger partial charge in [0.2, 0.25) is 0 Å². The number of rotatable bonds is 5. The van der Waals surface area contributed by atoms with Crippen molar-refractivity contribution < 1.29 is 4.79 Å². The fourth-order valence-corrected chi connectivity index (χ4v) is 2.08. The molecule has 5 nitrogen and oxygen atoms in total. The van der Waals surface area contributed by atoms with Crippen molar-refractivity contribution in [1.82, 2.24) is 0 Å². The molecule has 0 bridgehead atoms. The predicted molar refractivity (Wildman–Crippen MR) is 97.9 cm³/mol. The zero-order valence-electron chi connectivity index (χ0n) is 14.0. The average Bonchev–Trinajstić information content (AvgIpc) is 2.56. The molecule has 0 aliphatic heterocycles. The Hall–Kier alpha value is -3.26. The molecular weight excluding hydrogens is 300 g/mol. The van der Waals surface area contributed by atoms with Crippen LogP contribution in [0.3, 0.4) is 0 Å². The number of aryl methyl sites for hydroxylation is 1. The van der Waals surface area contributed by atoms with Crippen molar-refractivity contribution in [3.63, 3.8) is 0 Å². The summed E-state index contributed by atoms with van der Waals surface area (Å²) in [7, 11) is 3.93. The molecule has 5 heteroatoms. The summed E-state index contributed by atoms with van der Waals surface area (Å²) in [6.45, 7) is 1.94. The van der Waals surface area contributed by atoms with E-state index in [1.165, 1.54) is 6.20 Å². The van der Waals surface area contributed by atoms with E-state index in [1.54, 1.807) is 6.07 Å². The molecule has 2 rings (SSSR count). The zero-order valence-corrected chi connectivity index (χ0v) is 14.0. The van der Waals surface area contributed by atoms with Crippen LogP contribution in [-0.2, 0) is 4.79 Å². The molecule has 0 spiro atoms. The number of hydrogen-bond acceptors (Lipinski definition) is 4. The molecule has 1 amide bonds. The van der Waals surface area contributed by atoms with E-state index in [1.807, 2.05) is 74.5 Å². The molecule has 24 heavy (non-hydrogen) atoms. The number of carbonyl (C=O) groups is 1. The molecule has 2 aromatic rings. The van der Waals surface area contributed by atoms with Crippen LogP contribution in [-0.4, -0.2) is 20.0 Å². The summed E-state index contributed by atoms with van der Waals surface area (Å²) in [6, 6.07) is 17.0. The Morgan fingerprint density at radius 3 is 2.42 bits per heavy atom. The van der Waals surface area contributed by atoms with Crippen molar-refractivity contribution in [3.8, 4) is 6.07 Å². The first-order valence-electron chi connectivity index (χ1n) is 7.52. The molecule has 0 radical (unpaired) electrons. The van der Waals surface area contributed by atoms with Gasteiger partial charge in [-0.25, -0.2) is 0 Å². The van der Waals surface area contributed by atoms with Crippen LogP contribution in [0.25, 0.3) is 0 Å². The first-order valence-corrected chi connectivity index (χ1v) is 7.52. The van der Waals surface area contributed by atoms with E-state index >= 15 is 0 Å². The maximum atomic E-state index is 12.2. The molecule has 0 aromatic heterocycles. The number of nitrogens with zero attached hydrogens (tertiary/aromatic N) is 2. The van der Waals surface area contributed by atoms with Gasteiger partial charge in [-0.2, -0.15) is 5.26 Å². The van der Waals surface area contributed by atoms with Gasteiger partial charge in [0.05, 0.1) is 0 Å². The number of hydrogen-bond donors (Lipinski definition) is 2. The number of nitriles is 1. The highest BCUT2D eigenvalue weighted by Gasteiger charge is 2.09. The lowest BCUT2D eigenvalue weighted by atomic mass is 10.2. The first-order chi connectivity index (χ1) is 11.5. The zero-order chi connectivity index (χ0) is 17.5. The van der Waals surface area contributed by atoms with Gasteiger partial charge in [-0.3, -0.25) is 4.79 Å². The Bertz CT molecular complexity index is 786. The minimum absolute atomic E-state index is 0.00759. The van der Waals surface area contributed by atoms with Crippen molar-refractivity contribution in [1.29, 1.82) is 5.26 Å². The lowest BCUT2D eigenvalue weighted by Gasteiger charge is -2.12. The highest BCUT2D eigenvalue weighted by atomic mass is 16.1. The Labute approximate surface area is 142 Å². The standard InChI is InChI=1S/C19H20N4O/c1-14-5-4-6-17(11-14)22-19(24)15(12-20)13-21-16-7-9-18(10-8-16)23(2)3/h4-11,13,21H,1-3H3,(H,22,24)/b15-13-. The summed E-state index contributed by atoms with van der Waals surface area (Å²) < 4.78 is 0. The van der Waals surface area contributed by atoms with Gasteiger partial charge in [-0.15, -0.1) is 0 Å². The number of benzene rings is 2. The van der Waals surface area contributed by atoms with Crippen molar-refractivity contribution in [3.05, 3.63) is 65.9 Å². The number of carbonyl (C=O) groups excluding carboxylic acids is 1. The van der Waals surface area contributed by atoms with Crippen molar-refractivity contribution >= 4 is 23.0 Å². The third-order valence-corrected chi connectivity index (χ3v) is 3.41. The molecule has 0 heterocycles. The van der Waals surface area contributed by atoms with Crippen LogP contribution >= 0.6 is 0 Å². The highest BCUT2D eigenvalue weighted by molar-refractivity contribution is 6.06. The number of anilines is 3. The molecule has 2 aromatic carbocycles. The van der Waals surface area contributed by atoms with E-state index in [4.69, 9.17) is 0 Å². The minimum atomic E-state index is -0.444. The number of nitrogens with one attached hydrogen (secondary N) is 2. The lowest BCUT2D eigenvalue weighted by Crippen LogP contribution is -2.14. The Morgan fingerprint density at radius 1 is 1.12 bits per heavy atom. The van der Waals surface area contributed by atoms with Gasteiger partial charge in [0.25, 0.3) is 5.91 Å². The SMILES string of the molecule is Cc1cccc(NC(=O)/C(C#N)=C\Nc2ccc(N(C)C)cc2)c1. The van der Waals surface area contributed by atoms with Gasteiger partial charge < -0.3 is 15.5 Å². The molecule has 0 atom stereocenters. The highest BCUT2D eigenvalue weighted by Crippen LogP contribution is 2.16. The summed E-state index contributed by atoms with van der Waals surface area (Å²) >= 11 is 0. The Kier molecular flexibility index (Phi) is 5.58. The van der Waals surface area contributed by atoms with Crippen LogP contribution in [0.4, 0.5) is 17.1 Å². The normalized spacial score (nSPS) is 10.7. The van der Waals surface area contributed by atoms with E-state index in [0.29, 0.717) is 5.69 Å². The summed E-state index contributed by atoms with van der Waals surface area (Å²) in [4.78, 5) is 14.2.